The molecule has 0 bridgehead atoms. The second-order valence-electron chi connectivity index (χ2n) is 4.62. The molecule has 0 saturated carbocycles. The Balaban J connectivity index is 2.19. The van der Waals surface area contributed by atoms with Crippen LogP contribution in [-0.2, 0) is 6.42 Å². The predicted molar refractivity (Wildman–Crippen MR) is 78.5 cm³/mol. The minimum absolute atomic E-state index is 0.0329. The molecule has 1 atom stereocenters. The van der Waals surface area contributed by atoms with E-state index in [1.807, 2.05) is 25.3 Å². The Bertz CT molecular complexity index is 535. The molecule has 1 unspecified atom stereocenters. The van der Waals surface area contributed by atoms with Gasteiger partial charge >= 0.3 is 0 Å². The maximum atomic E-state index is 6.26. The lowest BCUT2D eigenvalue weighted by atomic mass is 10.0. The molecule has 94 valence electrons. The Kier molecular flexibility index (Phi) is 4.15. The molecular weight excluding hydrogens is 288 g/mol. The monoisotopic (exact) mass is 304 g/mol. The number of halogens is 1. The van der Waals surface area contributed by atoms with E-state index in [0.29, 0.717) is 0 Å². The summed E-state index contributed by atoms with van der Waals surface area (Å²) in [5.41, 5.74) is 10.8. The third-order valence-corrected chi connectivity index (χ3v) is 4.11. The Labute approximate surface area is 116 Å². The van der Waals surface area contributed by atoms with Gasteiger partial charge < -0.3 is 5.73 Å². The number of nitrogens with two attached hydrogens (primary N) is 1. The van der Waals surface area contributed by atoms with Crippen molar-refractivity contribution in [3.63, 3.8) is 0 Å². The van der Waals surface area contributed by atoms with Crippen molar-refractivity contribution in [1.29, 1.82) is 0 Å². The van der Waals surface area contributed by atoms with Crippen LogP contribution in [0, 0.1) is 13.8 Å². The van der Waals surface area contributed by atoms with Crippen LogP contribution in [0.1, 0.15) is 28.4 Å². The van der Waals surface area contributed by atoms with Gasteiger partial charge in [-0.2, -0.15) is 0 Å². The summed E-state index contributed by atoms with van der Waals surface area (Å²) < 4.78 is 1.10. The summed E-state index contributed by atoms with van der Waals surface area (Å²) in [6.45, 7) is 4.11. The van der Waals surface area contributed by atoms with Crippen LogP contribution in [-0.4, -0.2) is 4.98 Å². The van der Waals surface area contributed by atoms with Gasteiger partial charge in [0, 0.05) is 28.8 Å². The van der Waals surface area contributed by atoms with Crippen LogP contribution in [0.3, 0.4) is 0 Å². The minimum Gasteiger partial charge on any atom is -0.324 e. The van der Waals surface area contributed by atoms with Gasteiger partial charge in [0.1, 0.15) is 0 Å². The van der Waals surface area contributed by atoms with Crippen molar-refractivity contribution < 1.29 is 0 Å². The average molecular weight is 305 g/mol. The number of benzene rings is 1. The fourth-order valence-electron chi connectivity index (χ4n) is 1.91. The van der Waals surface area contributed by atoms with Gasteiger partial charge in [-0.25, -0.2) is 0 Å². The van der Waals surface area contributed by atoms with Gasteiger partial charge in [-0.15, -0.1) is 0 Å². The summed E-state index contributed by atoms with van der Waals surface area (Å²) in [5, 5.41) is 0. The number of aromatic nitrogens is 1. The van der Waals surface area contributed by atoms with E-state index in [2.05, 4.69) is 46.0 Å². The largest absolute Gasteiger partial charge is 0.324 e. The molecular formula is C15H17BrN2. The fraction of sp³-hybridized carbons (Fsp3) is 0.267. The van der Waals surface area contributed by atoms with Crippen molar-refractivity contribution in [2.45, 2.75) is 26.3 Å². The minimum atomic E-state index is -0.0329. The van der Waals surface area contributed by atoms with Crippen LogP contribution in [0.4, 0.5) is 0 Å². The van der Waals surface area contributed by atoms with E-state index in [1.54, 1.807) is 0 Å². The summed E-state index contributed by atoms with van der Waals surface area (Å²) in [6, 6.07) is 10.3. The van der Waals surface area contributed by atoms with E-state index in [-0.39, 0.29) is 6.04 Å². The topological polar surface area (TPSA) is 38.9 Å². The van der Waals surface area contributed by atoms with E-state index in [4.69, 9.17) is 5.73 Å². The number of aryl methyl sites for hydroxylation is 2. The van der Waals surface area contributed by atoms with Crippen LogP contribution in [0.15, 0.2) is 41.0 Å². The highest BCUT2D eigenvalue weighted by Crippen LogP contribution is 2.27. The maximum Gasteiger partial charge on any atom is 0.0422 e. The summed E-state index contributed by atoms with van der Waals surface area (Å²) in [5.74, 6) is 0. The van der Waals surface area contributed by atoms with Crippen molar-refractivity contribution in [2.24, 2.45) is 5.73 Å². The Morgan fingerprint density at radius 2 is 2.00 bits per heavy atom. The summed E-state index contributed by atoms with van der Waals surface area (Å²) >= 11 is 3.61. The molecule has 0 spiro atoms. The van der Waals surface area contributed by atoms with Gasteiger partial charge in [-0.05, 0) is 36.6 Å². The molecule has 1 aromatic heterocycles. The third-order valence-electron chi connectivity index (χ3n) is 3.02. The Hall–Kier alpha value is -1.19. The summed E-state index contributed by atoms with van der Waals surface area (Å²) in [7, 11) is 0. The van der Waals surface area contributed by atoms with Crippen LogP contribution in [0.25, 0.3) is 0 Å². The second-order valence-corrected chi connectivity index (χ2v) is 5.41. The SMILES string of the molecule is Cc1ccc(CC(N)c2cccc(C)c2Br)nc1. The van der Waals surface area contributed by atoms with Crippen molar-refractivity contribution >= 4 is 15.9 Å². The third kappa shape index (κ3) is 2.98. The molecule has 0 fully saturated rings. The normalized spacial score (nSPS) is 12.4. The van der Waals surface area contributed by atoms with E-state index >= 15 is 0 Å². The molecule has 2 nitrogen and oxygen atoms in total. The molecule has 1 heterocycles. The predicted octanol–water partition coefficient (Wildman–Crippen LogP) is 3.70. The van der Waals surface area contributed by atoms with Crippen LogP contribution in [0.2, 0.25) is 0 Å². The fourth-order valence-corrected chi connectivity index (χ4v) is 2.47. The quantitative estimate of drug-likeness (QED) is 0.939. The lowest BCUT2D eigenvalue weighted by Crippen LogP contribution is -2.15. The summed E-state index contributed by atoms with van der Waals surface area (Å²) in [4.78, 5) is 4.40. The molecule has 2 rings (SSSR count). The number of nitrogens with zero attached hydrogens (tertiary/aromatic N) is 1. The van der Waals surface area contributed by atoms with Crippen molar-refractivity contribution in [2.75, 3.05) is 0 Å². The molecule has 3 heteroatoms. The molecule has 2 N–H and O–H groups in total. The van der Waals surface area contributed by atoms with Gasteiger partial charge in [0.05, 0.1) is 0 Å². The van der Waals surface area contributed by atoms with E-state index in [0.717, 1.165) is 22.2 Å². The van der Waals surface area contributed by atoms with Gasteiger partial charge in [-0.1, -0.05) is 40.2 Å². The Morgan fingerprint density at radius 1 is 1.22 bits per heavy atom. The van der Waals surface area contributed by atoms with Gasteiger partial charge in [0.2, 0.25) is 0 Å². The highest BCUT2D eigenvalue weighted by molar-refractivity contribution is 9.10. The zero-order valence-corrected chi connectivity index (χ0v) is 12.2. The Morgan fingerprint density at radius 3 is 2.67 bits per heavy atom. The summed E-state index contributed by atoms with van der Waals surface area (Å²) in [6.07, 6.45) is 2.63. The molecule has 18 heavy (non-hydrogen) atoms. The first-order valence-electron chi connectivity index (χ1n) is 6.00. The molecule has 0 saturated heterocycles. The molecule has 0 aliphatic carbocycles. The number of hydrogen-bond donors (Lipinski definition) is 1. The lowest BCUT2D eigenvalue weighted by Gasteiger charge is -2.15. The van der Waals surface area contributed by atoms with E-state index in [1.165, 1.54) is 11.1 Å². The van der Waals surface area contributed by atoms with Crippen LogP contribution in [0.5, 0.6) is 0 Å². The van der Waals surface area contributed by atoms with Crippen molar-refractivity contribution in [3.05, 3.63) is 63.4 Å². The van der Waals surface area contributed by atoms with Crippen molar-refractivity contribution in [1.82, 2.24) is 4.98 Å². The first-order valence-corrected chi connectivity index (χ1v) is 6.79. The molecule has 0 radical (unpaired) electrons. The molecule has 0 amide bonds. The van der Waals surface area contributed by atoms with Crippen molar-refractivity contribution in [3.8, 4) is 0 Å². The molecule has 1 aromatic carbocycles. The number of rotatable bonds is 3. The molecule has 2 aromatic rings. The van der Waals surface area contributed by atoms with E-state index < -0.39 is 0 Å². The van der Waals surface area contributed by atoms with E-state index in [9.17, 15) is 0 Å². The van der Waals surface area contributed by atoms with Crippen LogP contribution >= 0.6 is 15.9 Å². The first kappa shape index (κ1) is 13.2. The molecule has 0 aliphatic rings. The zero-order valence-electron chi connectivity index (χ0n) is 10.7. The smallest absolute Gasteiger partial charge is 0.0422 e. The standard InChI is InChI=1S/C15H17BrN2/c1-10-6-7-12(18-9-10)8-14(17)13-5-3-4-11(2)15(13)16/h3-7,9,14H,8,17H2,1-2H3. The van der Waals surface area contributed by atoms with Gasteiger partial charge in [0.15, 0.2) is 0 Å². The van der Waals surface area contributed by atoms with Gasteiger partial charge in [-0.3, -0.25) is 4.98 Å². The second kappa shape index (κ2) is 5.63. The number of hydrogen-bond acceptors (Lipinski definition) is 2. The lowest BCUT2D eigenvalue weighted by molar-refractivity contribution is 0.702. The highest BCUT2D eigenvalue weighted by Gasteiger charge is 2.12. The van der Waals surface area contributed by atoms with Crippen LogP contribution < -0.4 is 5.73 Å². The molecule has 0 aliphatic heterocycles. The zero-order chi connectivity index (χ0) is 13.1. The average Bonchev–Trinajstić information content (AvgIpc) is 2.35. The first-order chi connectivity index (χ1) is 8.58. The number of pyridine rings is 1. The highest BCUT2D eigenvalue weighted by atomic mass is 79.9. The van der Waals surface area contributed by atoms with Gasteiger partial charge in [0.25, 0.3) is 0 Å². The maximum absolute atomic E-state index is 6.26.